The second kappa shape index (κ2) is 7.30. The maximum absolute atomic E-state index is 12.0. The van der Waals surface area contributed by atoms with Crippen molar-refractivity contribution in [2.24, 2.45) is 11.3 Å². The van der Waals surface area contributed by atoms with Crippen molar-refractivity contribution in [2.75, 3.05) is 19.0 Å². The lowest BCUT2D eigenvalue weighted by Crippen LogP contribution is -2.49. The van der Waals surface area contributed by atoms with Crippen molar-refractivity contribution in [3.63, 3.8) is 0 Å². The number of carbonyl (C=O) groups is 2. The highest BCUT2D eigenvalue weighted by Crippen LogP contribution is 2.19. The molecule has 0 spiro atoms. The molecule has 0 aromatic rings. The summed E-state index contributed by atoms with van der Waals surface area (Å²) in [6, 6.07) is 0.160. The third-order valence-corrected chi connectivity index (χ3v) is 4.38. The molecule has 1 fully saturated rings. The Bertz CT molecular complexity index is 348. The van der Waals surface area contributed by atoms with Gasteiger partial charge >= 0.3 is 0 Å². The number of amides is 2. The second-order valence-electron chi connectivity index (χ2n) is 6.74. The fraction of sp³-hybridized carbons (Fsp3) is 0.867. The second-order valence-corrected chi connectivity index (χ2v) is 7.01. The minimum Gasteiger partial charge on any atom is -0.353 e. The van der Waals surface area contributed by atoms with Crippen LogP contribution in [0.15, 0.2) is 0 Å². The molecule has 0 aromatic heterocycles. The molecule has 4 nitrogen and oxygen atoms in total. The lowest BCUT2D eigenvalue weighted by Gasteiger charge is -2.34. The molecule has 20 heavy (non-hydrogen) atoms. The largest absolute Gasteiger partial charge is 0.353 e. The lowest BCUT2D eigenvalue weighted by molar-refractivity contribution is -0.133. The van der Waals surface area contributed by atoms with Gasteiger partial charge in [-0.2, -0.15) is 0 Å². The van der Waals surface area contributed by atoms with Gasteiger partial charge in [-0.3, -0.25) is 9.59 Å². The zero-order valence-corrected chi connectivity index (χ0v) is 13.8. The summed E-state index contributed by atoms with van der Waals surface area (Å²) in [5.41, 5.74) is -0.536. The fourth-order valence-electron chi connectivity index (χ4n) is 2.19. The number of nitrogens with zero attached hydrogens (tertiary/aromatic N) is 1. The van der Waals surface area contributed by atoms with Crippen LogP contribution < -0.4 is 5.32 Å². The van der Waals surface area contributed by atoms with Crippen LogP contribution >= 0.6 is 11.6 Å². The van der Waals surface area contributed by atoms with E-state index in [1.165, 1.54) is 0 Å². The summed E-state index contributed by atoms with van der Waals surface area (Å²) in [6.45, 7) is 9.26. The number of rotatable bonds is 5. The number of carbonyl (C=O) groups excluding carboxylic acids is 2. The van der Waals surface area contributed by atoms with E-state index in [4.69, 9.17) is 11.6 Å². The van der Waals surface area contributed by atoms with Crippen LogP contribution in [0.4, 0.5) is 0 Å². The summed E-state index contributed by atoms with van der Waals surface area (Å²) in [5, 5.41) is 3.05. The number of halogens is 1. The molecule has 0 unspecified atom stereocenters. The van der Waals surface area contributed by atoms with Crippen LogP contribution in [0, 0.1) is 11.3 Å². The van der Waals surface area contributed by atoms with Gasteiger partial charge in [-0.25, -0.2) is 0 Å². The summed E-state index contributed by atoms with van der Waals surface area (Å²) in [7, 11) is 0. The molecule has 2 amide bonds. The topological polar surface area (TPSA) is 49.4 Å². The number of piperidine rings is 1. The molecular formula is C15H27ClN2O2. The molecule has 0 bridgehead atoms. The highest BCUT2D eigenvalue weighted by atomic mass is 35.5. The van der Waals surface area contributed by atoms with Gasteiger partial charge in [-0.1, -0.05) is 13.8 Å². The van der Waals surface area contributed by atoms with Crippen LogP contribution in [0.2, 0.25) is 0 Å². The van der Waals surface area contributed by atoms with E-state index in [1.807, 2.05) is 18.7 Å². The molecule has 1 aliphatic heterocycles. The Labute approximate surface area is 127 Å². The third-order valence-electron chi connectivity index (χ3n) is 3.71. The summed E-state index contributed by atoms with van der Waals surface area (Å²) in [4.78, 5) is 25.9. The van der Waals surface area contributed by atoms with Crippen molar-refractivity contribution in [2.45, 2.75) is 53.0 Å². The monoisotopic (exact) mass is 302 g/mol. The van der Waals surface area contributed by atoms with Gasteiger partial charge in [0.15, 0.2) is 0 Å². The predicted octanol–water partition coefficient (Wildman–Crippen LogP) is 2.40. The number of hydrogen-bond donors (Lipinski definition) is 1. The first-order valence-electron chi connectivity index (χ1n) is 7.41. The molecule has 5 heteroatoms. The molecule has 1 saturated heterocycles. The maximum atomic E-state index is 12.0. The highest BCUT2D eigenvalue weighted by Gasteiger charge is 2.30. The zero-order chi connectivity index (χ0) is 15.3. The van der Waals surface area contributed by atoms with Gasteiger partial charge in [-0.05, 0) is 32.6 Å². The Morgan fingerprint density at radius 2 is 1.85 bits per heavy atom. The molecule has 1 heterocycles. The first-order chi connectivity index (χ1) is 9.26. The van der Waals surface area contributed by atoms with Gasteiger partial charge in [0, 0.05) is 31.4 Å². The SMILES string of the molecule is CC(C)CC(=O)N1CCC(NC(=O)C(C)(C)CCl)CC1. The first kappa shape index (κ1) is 17.3. The highest BCUT2D eigenvalue weighted by molar-refractivity contribution is 6.19. The van der Waals surface area contributed by atoms with E-state index in [9.17, 15) is 9.59 Å². The molecule has 1 rings (SSSR count). The number of alkyl halides is 1. The normalized spacial score (nSPS) is 17.4. The molecule has 0 aliphatic carbocycles. The van der Waals surface area contributed by atoms with Crippen LogP contribution in [0.1, 0.15) is 47.0 Å². The number of nitrogens with one attached hydrogen (secondary N) is 1. The minimum absolute atomic E-state index is 0.000503. The molecule has 1 aliphatic rings. The number of hydrogen-bond acceptors (Lipinski definition) is 2. The van der Waals surface area contributed by atoms with Gasteiger partial charge in [0.25, 0.3) is 0 Å². The van der Waals surface area contributed by atoms with Crippen molar-refractivity contribution >= 4 is 23.4 Å². The van der Waals surface area contributed by atoms with Crippen LogP contribution in [0.3, 0.4) is 0 Å². The van der Waals surface area contributed by atoms with Crippen molar-refractivity contribution < 1.29 is 9.59 Å². The minimum atomic E-state index is -0.536. The van der Waals surface area contributed by atoms with Crippen LogP contribution in [0.25, 0.3) is 0 Å². The number of likely N-dealkylation sites (tertiary alicyclic amines) is 1. The van der Waals surface area contributed by atoms with Crippen LogP contribution in [-0.4, -0.2) is 41.7 Å². The molecule has 1 N–H and O–H groups in total. The van der Waals surface area contributed by atoms with Crippen molar-refractivity contribution in [1.82, 2.24) is 10.2 Å². The summed E-state index contributed by atoms with van der Waals surface area (Å²) in [6.07, 6.45) is 2.26. The van der Waals surface area contributed by atoms with Gasteiger partial charge < -0.3 is 10.2 Å². The van der Waals surface area contributed by atoms with E-state index in [0.29, 0.717) is 18.2 Å². The molecule has 0 aromatic carbocycles. The maximum Gasteiger partial charge on any atom is 0.227 e. The molecule has 116 valence electrons. The Morgan fingerprint density at radius 1 is 1.30 bits per heavy atom. The summed E-state index contributed by atoms with van der Waals surface area (Å²) in [5.74, 6) is 0.930. The van der Waals surface area contributed by atoms with E-state index in [1.54, 1.807) is 0 Å². The average molecular weight is 303 g/mol. The third kappa shape index (κ3) is 4.97. The van der Waals surface area contributed by atoms with E-state index < -0.39 is 5.41 Å². The molecule has 0 radical (unpaired) electrons. The van der Waals surface area contributed by atoms with Crippen molar-refractivity contribution in [3.05, 3.63) is 0 Å². The van der Waals surface area contributed by atoms with E-state index in [-0.39, 0.29) is 17.9 Å². The smallest absolute Gasteiger partial charge is 0.227 e. The summed E-state index contributed by atoms with van der Waals surface area (Å²) < 4.78 is 0. The first-order valence-corrected chi connectivity index (χ1v) is 7.94. The van der Waals surface area contributed by atoms with Crippen molar-refractivity contribution in [3.8, 4) is 0 Å². The quantitative estimate of drug-likeness (QED) is 0.793. The Kier molecular flexibility index (Phi) is 6.31. The Hall–Kier alpha value is -0.770. The van der Waals surface area contributed by atoms with Gasteiger partial charge in [-0.15, -0.1) is 11.6 Å². The Morgan fingerprint density at radius 3 is 2.30 bits per heavy atom. The zero-order valence-electron chi connectivity index (χ0n) is 13.0. The standard InChI is InChI=1S/C15H27ClN2O2/c1-11(2)9-13(19)18-7-5-12(6-8-18)17-14(20)15(3,4)10-16/h11-12H,5-10H2,1-4H3,(H,17,20). The van der Waals surface area contributed by atoms with Crippen molar-refractivity contribution in [1.29, 1.82) is 0 Å². The van der Waals surface area contributed by atoms with Gasteiger partial charge in [0.2, 0.25) is 11.8 Å². The average Bonchev–Trinajstić information content (AvgIpc) is 2.38. The van der Waals surface area contributed by atoms with E-state index >= 15 is 0 Å². The Balaban J connectivity index is 2.39. The van der Waals surface area contributed by atoms with Gasteiger partial charge in [0.05, 0.1) is 5.41 Å². The van der Waals surface area contributed by atoms with E-state index in [2.05, 4.69) is 19.2 Å². The molecular weight excluding hydrogens is 276 g/mol. The van der Waals surface area contributed by atoms with E-state index in [0.717, 1.165) is 25.9 Å². The molecule has 0 atom stereocenters. The summed E-state index contributed by atoms with van der Waals surface area (Å²) >= 11 is 5.81. The lowest BCUT2D eigenvalue weighted by atomic mass is 9.93. The molecule has 0 saturated carbocycles. The van der Waals surface area contributed by atoms with Crippen LogP contribution in [-0.2, 0) is 9.59 Å². The van der Waals surface area contributed by atoms with Crippen LogP contribution in [0.5, 0.6) is 0 Å². The fourth-order valence-corrected chi connectivity index (χ4v) is 2.31. The predicted molar refractivity (Wildman–Crippen MR) is 81.7 cm³/mol. The van der Waals surface area contributed by atoms with Gasteiger partial charge in [0.1, 0.15) is 0 Å².